The lowest BCUT2D eigenvalue weighted by molar-refractivity contribution is 0.0696. The van der Waals surface area contributed by atoms with Gasteiger partial charge in [0.25, 0.3) is 0 Å². The normalized spacial score (nSPS) is 30.8. The summed E-state index contributed by atoms with van der Waals surface area (Å²) >= 11 is 3.57. The smallest absolute Gasteiger partial charge is 0.335 e. The van der Waals surface area contributed by atoms with Gasteiger partial charge < -0.3 is 10.0 Å². The van der Waals surface area contributed by atoms with Crippen molar-refractivity contribution in [1.29, 1.82) is 0 Å². The van der Waals surface area contributed by atoms with Crippen LogP contribution in [0.25, 0.3) is 0 Å². The molecule has 0 aromatic heterocycles. The zero-order chi connectivity index (χ0) is 19.7. The van der Waals surface area contributed by atoms with Crippen LogP contribution in [0.3, 0.4) is 0 Å². The van der Waals surface area contributed by atoms with E-state index in [-0.39, 0.29) is 0 Å². The molecule has 0 saturated heterocycles. The predicted octanol–water partition coefficient (Wildman–Crippen LogP) is 6.04. The number of hydrogen-bond acceptors (Lipinski definition) is 2. The third-order valence-corrected chi connectivity index (χ3v) is 7.84. The number of fused-ring (bicyclic) bond motifs is 4. The van der Waals surface area contributed by atoms with Gasteiger partial charge in [-0.05, 0) is 65.6 Å². The van der Waals surface area contributed by atoms with E-state index in [2.05, 4.69) is 69.4 Å². The summed E-state index contributed by atoms with van der Waals surface area (Å²) in [7, 11) is 0. The zero-order valence-corrected chi connectivity index (χ0v) is 17.5. The summed E-state index contributed by atoms with van der Waals surface area (Å²) in [6, 6.07) is 13.0. The van der Waals surface area contributed by atoms with Crippen molar-refractivity contribution in [3.63, 3.8) is 0 Å². The van der Waals surface area contributed by atoms with Gasteiger partial charge in [-0.15, -0.1) is 0 Å². The second kappa shape index (κ2) is 6.33. The number of carbonyl (C=O) groups is 1. The maximum Gasteiger partial charge on any atom is 0.335 e. The standard InChI is InChI=1S/C25H22BrNO2/c26-17-9-7-14(8-10-17)23-20-6-2-5-19(20)22-12-16(25(28)29)11-21-18-4-1-3-15(18)13-27(23)24(21)22/h1-2,4,6-12,15,18-20,23H,3,5,13H2,(H,28,29)/t15-,18-,19-,20+,23+/m1/s1. The molecule has 29 heavy (non-hydrogen) atoms. The Bertz CT molecular complexity index is 1070. The van der Waals surface area contributed by atoms with Crippen molar-refractivity contribution >= 4 is 27.6 Å². The average Bonchev–Trinajstić information content (AvgIpc) is 3.38. The van der Waals surface area contributed by atoms with E-state index < -0.39 is 5.97 Å². The van der Waals surface area contributed by atoms with Crippen LogP contribution in [-0.4, -0.2) is 17.6 Å². The quantitative estimate of drug-likeness (QED) is 0.570. The monoisotopic (exact) mass is 447 g/mol. The number of aromatic carboxylic acids is 1. The Kier molecular flexibility index (Phi) is 3.83. The van der Waals surface area contributed by atoms with Gasteiger partial charge in [0.1, 0.15) is 0 Å². The van der Waals surface area contributed by atoms with Gasteiger partial charge in [0.05, 0.1) is 11.6 Å². The van der Waals surface area contributed by atoms with E-state index in [9.17, 15) is 9.90 Å². The lowest BCUT2D eigenvalue weighted by Crippen LogP contribution is -2.46. The molecule has 3 nitrogen and oxygen atoms in total. The first-order valence-corrected chi connectivity index (χ1v) is 11.2. The highest BCUT2D eigenvalue weighted by Gasteiger charge is 2.47. The van der Waals surface area contributed by atoms with Gasteiger partial charge in [0.15, 0.2) is 0 Å². The van der Waals surface area contributed by atoms with E-state index >= 15 is 0 Å². The van der Waals surface area contributed by atoms with E-state index in [4.69, 9.17) is 0 Å². The molecule has 2 aromatic rings. The zero-order valence-electron chi connectivity index (χ0n) is 16.0. The Morgan fingerprint density at radius 1 is 1.03 bits per heavy atom. The molecule has 0 radical (unpaired) electrons. The van der Waals surface area contributed by atoms with Gasteiger partial charge in [-0.2, -0.15) is 0 Å². The number of allylic oxidation sites excluding steroid dienone is 3. The maximum atomic E-state index is 11.9. The van der Waals surface area contributed by atoms with Crippen LogP contribution in [0.15, 0.2) is 65.2 Å². The summed E-state index contributed by atoms with van der Waals surface area (Å²) in [5.41, 5.74) is 5.55. The van der Waals surface area contributed by atoms with Crippen LogP contribution in [0.4, 0.5) is 5.69 Å². The first kappa shape index (κ1) is 17.5. The molecule has 146 valence electrons. The minimum Gasteiger partial charge on any atom is -0.478 e. The maximum absolute atomic E-state index is 11.9. The summed E-state index contributed by atoms with van der Waals surface area (Å²) in [6.07, 6.45) is 11.3. The molecule has 1 N–H and O–H groups in total. The Balaban J connectivity index is 1.59. The third kappa shape index (κ3) is 2.51. The van der Waals surface area contributed by atoms with Crippen molar-refractivity contribution in [2.24, 2.45) is 11.8 Å². The Morgan fingerprint density at radius 3 is 2.59 bits per heavy atom. The number of carboxylic acid groups (broad SMARTS) is 1. The molecule has 0 unspecified atom stereocenters. The van der Waals surface area contributed by atoms with Crippen LogP contribution in [0.1, 0.15) is 57.8 Å². The summed E-state index contributed by atoms with van der Waals surface area (Å²) in [4.78, 5) is 14.5. The summed E-state index contributed by atoms with van der Waals surface area (Å²) < 4.78 is 1.10. The van der Waals surface area contributed by atoms with Gasteiger partial charge in [-0.3, -0.25) is 0 Å². The minimum atomic E-state index is -0.822. The van der Waals surface area contributed by atoms with Crippen LogP contribution >= 0.6 is 15.9 Å². The fourth-order valence-electron chi connectivity index (χ4n) is 6.12. The largest absolute Gasteiger partial charge is 0.478 e. The van der Waals surface area contributed by atoms with Crippen LogP contribution in [0.5, 0.6) is 0 Å². The van der Waals surface area contributed by atoms with Crippen molar-refractivity contribution in [3.05, 3.63) is 87.4 Å². The average molecular weight is 448 g/mol. The highest BCUT2D eigenvalue weighted by molar-refractivity contribution is 9.10. The highest BCUT2D eigenvalue weighted by Crippen LogP contribution is 2.58. The fraction of sp³-hybridized carbons (Fsp3) is 0.320. The molecule has 0 fully saturated rings. The van der Waals surface area contributed by atoms with Crippen molar-refractivity contribution in [1.82, 2.24) is 0 Å². The molecule has 6 rings (SSSR count). The molecule has 5 atom stereocenters. The van der Waals surface area contributed by atoms with Gasteiger partial charge in [0, 0.05) is 28.5 Å². The van der Waals surface area contributed by atoms with Gasteiger partial charge in [-0.25, -0.2) is 4.79 Å². The van der Waals surface area contributed by atoms with Gasteiger partial charge in [0.2, 0.25) is 0 Å². The van der Waals surface area contributed by atoms with Gasteiger partial charge >= 0.3 is 5.97 Å². The first-order chi connectivity index (χ1) is 14.1. The molecule has 2 aliphatic heterocycles. The number of halogens is 1. The molecule has 2 aliphatic carbocycles. The van der Waals surface area contributed by atoms with Crippen molar-refractivity contribution in [3.8, 4) is 0 Å². The SMILES string of the molecule is O=C(O)c1cc2c3c(c1)[C@@H]1CC=C[C@@H]1[C@H](c1ccc(Br)cc1)N3C[C@H]1CC=C[C@@H]21. The van der Waals surface area contributed by atoms with Crippen LogP contribution < -0.4 is 4.90 Å². The molecule has 0 saturated carbocycles. The van der Waals surface area contributed by atoms with Crippen LogP contribution in [0, 0.1) is 11.8 Å². The predicted molar refractivity (Wildman–Crippen MR) is 118 cm³/mol. The molecular weight excluding hydrogens is 426 g/mol. The van der Waals surface area contributed by atoms with E-state index in [1.54, 1.807) is 0 Å². The molecule has 2 heterocycles. The number of carboxylic acids is 1. The highest BCUT2D eigenvalue weighted by atomic mass is 79.9. The van der Waals surface area contributed by atoms with Gasteiger partial charge in [-0.1, -0.05) is 52.4 Å². The number of anilines is 1. The van der Waals surface area contributed by atoms with Crippen molar-refractivity contribution in [2.45, 2.75) is 30.7 Å². The fourth-order valence-corrected chi connectivity index (χ4v) is 6.39. The molecule has 0 bridgehead atoms. The van der Waals surface area contributed by atoms with Crippen LogP contribution in [-0.2, 0) is 0 Å². The van der Waals surface area contributed by atoms with E-state index in [0.29, 0.717) is 35.3 Å². The number of nitrogens with zero attached hydrogens (tertiary/aromatic N) is 1. The molecule has 4 heteroatoms. The number of benzene rings is 2. The number of rotatable bonds is 2. The summed E-state index contributed by atoms with van der Waals surface area (Å²) in [6.45, 7) is 1.03. The van der Waals surface area contributed by atoms with E-state index in [1.165, 1.54) is 22.4 Å². The Hall–Kier alpha value is -2.33. The summed E-state index contributed by atoms with van der Waals surface area (Å²) in [5, 5.41) is 9.78. The number of hydrogen-bond donors (Lipinski definition) is 1. The molecule has 0 spiro atoms. The molecule has 4 aliphatic rings. The van der Waals surface area contributed by atoms with Crippen LogP contribution in [0.2, 0.25) is 0 Å². The third-order valence-electron chi connectivity index (χ3n) is 7.31. The second-order valence-corrected chi connectivity index (χ2v) is 9.67. The van der Waals surface area contributed by atoms with Crippen molar-refractivity contribution < 1.29 is 9.90 Å². The van der Waals surface area contributed by atoms with E-state index in [0.717, 1.165) is 23.9 Å². The van der Waals surface area contributed by atoms with Crippen molar-refractivity contribution in [2.75, 3.05) is 11.4 Å². The molecule has 2 aromatic carbocycles. The first-order valence-electron chi connectivity index (χ1n) is 10.4. The minimum absolute atomic E-state index is 0.301. The lowest BCUT2D eigenvalue weighted by atomic mass is 9.70. The Labute approximate surface area is 178 Å². The lowest BCUT2D eigenvalue weighted by Gasteiger charge is -2.51. The molecule has 0 amide bonds. The summed E-state index contributed by atoms with van der Waals surface area (Å²) in [5.74, 6) is 0.786. The molecular formula is C25H22BrNO2. The van der Waals surface area contributed by atoms with E-state index in [1.807, 2.05) is 12.1 Å². The Morgan fingerprint density at radius 2 is 1.79 bits per heavy atom. The second-order valence-electron chi connectivity index (χ2n) is 8.75. The topological polar surface area (TPSA) is 40.5 Å².